The van der Waals surface area contributed by atoms with Crippen LogP contribution in [0.3, 0.4) is 0 Å². The minimum Gasteiger partial charge on any atom is -0.322 e. The minimum atomic E-state index is -4.74. The molecule has 3 aromatic carbocycles. The van der Waals surface area contributed by atoms with E-state index in [2.05, 4.69) is 4.72 Å². The molecule has 152 valence electrons. The quantitative estimate of drug-likeness (QED) is 0.493. The molecule has 0 saturated heterocycles. The Balaban J connectivity index is 2.07. The van der Waals surface area contributed by atoms with E-state index < -0.39 is 42.0 Å². The third kappa shape index (κ3) is 4.89. The van der Waals surface area contributed by atoms with E-state index in [1.165, 1.54) is 12.1 Å². The van der Waals surface area contributed by atoms with Crippen molar-refractivity contribution in [3.8, 4) is 0 Å². The first-order valence-electron chi connectivity index (χ1n) is 8.64. The molecule has 0 saturated carbocycles. The Morgan fingerprint density at radius 2 is 1.14 bits per heavy atom. The highest BCUT2D eigenvalue weighted by molar-refractivity contribution is 7.91. The van der Waals surface area contributed by atoms with Gasteiger partial charge in [-0.1, -0.05) is 72.8 Å². The third-order valence-electron chi connectivity index (χ3n) is 4.40. The third-order valence-corrected chi connectivity index (χ3v) is 6.94. The average molecular weight is 433 g/mol. The van der Waals surface area contributed by atoms with Gasteiger partial charge in [-0.2, -0.15) is 8.42 Å². The number of hydrogen-bond acceptors (Lipinski definition) is 5. The Hall–Kier alpha value is -2.56. The SMILES string of the molecule is N[C@@H](c1ccccc1)[C@@H](NS(=O)(=O)c1ccccc1S(=O)(=O)O)c1ccccc1. The molecule has 0 unspecified atom stereocenters. The predicted molar refractivity (Wildman–Crippen MR) is 109 cm³/mol. The van der Waals surface area contributed by atoms with Gasteiger partial charge in [-0.05, 0) is 23.3 Å². The first-order valence-corrected chi connectivity index (χ1v) is 11.6. The Morgan fingerprint density at radius 1 is 0.690 bits per heavy atom. The minimum absolute atomic E-state index is 0.552. The Kier molecular flexibility index (Phi) is 6.15. The summed E-state index contributed by atoms with van der Waals surface area (Å²) in [7, 11) is -9.08. The van der Waals surface area contributed by atoms with Crippen molar-refractivity contribution in [2.75, 3.05) is 0 Å². The lowest BCUT2D eigenvalue weighted by atomic mass is 9.95. The summed E-state index contributed by atoms with van der Waals surface area (Å²) in [5.41, 5.74) is 7.69. The van der Waals surface area contributed by atoms with E-state index in [0.717, 1.165) is 12.1 Å². The monoisotopic (exact) mass is 432 g/mol. The number of nitrogens with one attached hydrogen (secondary N) is 1. The van der Waals surface area contributed by atoms with E-state index in [1.54, 1.807) is 54.6 Å². The van der Waals surface area contributed by atoms with E-state index >= 15 is 0 Å². The maximum atomic E-state index is 13.1. The van der Waals surface area contributed by atoms with Crippen molar-refractivity contribution in [1.29, 1.82) is 0 Å². The smallest absolute Gasteiger partial charge is 0.295 e. The highest BCUT2D eigenvalue weighted by Crippen LogP contribution is 2.30. The van der Waals surface area contributed by atoms with Crippen molar-refractivity contribution in [2.24, 2.45) is 5.73 Å². The molecule has 0 fully saturated rings. The van der Waals surface area contributed by atoms with E-state index in [-0.39, 0.29) is 0 Å². The fraction of sp³-hybridized carbons (Fsp3) is 0.100. The van der Waals surface area contributed by atoms with E-state index in [1.807, 2.05) is 6.07 Å². The molecule has 0 spiro atoms. The van der Waals surface area contributed by atoms with Gasteiger partial charge >= 0.3 is 0 Å². The zero-order chi connectivity index (χ0) is 21.1. The van der Waals surface area contributed by atoms with Gasteiger partial charge < -0.3 is 5.73 Å². The lowest BCUT2D eigenvalue weighted by Gasteiger charge is -2.26. The molecule has 0 radical (unpaired) electrons. The summed E-state index contributed by atoms with van der Waals surface area (Å²) >= 11 is 0. The van der Waals surface area contributed by atoms with Crippen LogP contribution in [0.5, 0.6) is 0 Å². The van der Waals surface area contributed by atoms with Crippen LogP contribution < -0.4 is 10.5 Å². The normalized spacial score (nSPS) is 14.3. The molecule has 3 aromatic rings. The Bertz CT molecular complexity index is 1180. The maximum Gasteiger partial charge on any atom is 0.295 e. The lowest BCUT2D eigenvalue weighted by Crippen LogP contribution is -2.36. The summed E-state index contributed by atoms with van der Waals surface area (Å²) < 4.78 is 61.4. The number of nitrogens with two attached hydrogens (primary N) is 1. The molecule has 3 rings (SSSR count). The number of benzene rings is 3. The van der Waals surface area contributed by atoms with Crippen LogP contribution in [0, 0.1) is 0 Å². The van der Waals surface area contributed by atoms with Gasteiger partial charge in [0.1, 0.15) is 9.79 Å². The second-order valence-corrected chi connectivity index (χ2v) is 9.44. The molecular formula is C20H20N2O5S2. The second kappa shape index (κ2) is 8.44. The van der Waals surface area contributed by atoms with Gasteiger partial charge in [0.15, 0.2) is 0 Å². The van der Waals surface area contributed by atoms with Crippen LogP contribution >= 0.6 is 0 Å². The summed E-state index contributed by atoms with van der Waals surface area (Å²) in [4.78, 5) is -1.25. The fourth-order valence-corrected chi connectivity index (χ4v) is 5.55. The van der Waals surface area contributed by atoms with Crippen LogP contribution in [-0.4, -0.2) is 21.4 Å². The van der Waals surface area contributed by atoms with Gasteiger partial charge in [0.2, 0.25) is 10.0 Å². The van der Waals surface area contributed by atoms with Crippen molar-refractivity contribution in [3.63, 3.8) is 0 Å². The molecule has 2 atom stereocenters. The Labute approximate surface area is 170 Å². The van der Waals surface area contributed by atoms with Crippen LogP contribution in [0.15, 0.2) is 94.7 Å². The first-order chi connectivity index (χ1) is 13.7. The highest BCUT2D eigenvalue weighted by atomic mass is 32.2. The van der Waals surface area contributed by atoms with Crippen molar-refractivity contribution in [3.05, 3.63) is 96.1 Å². The average Bonchev–Trinajstić information content (AvgIpc) is 2.72. The van der Waals surface area contributed by atoms with Gasteiger partial charge in [0.25, 0.3) is 10.1 Å². The highest BCUT2D eigenvalue weighted by Gasteiger charge is 2.31. The van der Waals surface area contributed by atoms with Crippen LogP contribution in [0.1, 0.15) is 23.2 Å². The van der Waals surface area contributed by atoms with Crippen molar-refractivity contribution >= 4 is 20.1 Å². The maximum absolute atomic E-state index is 13.1. The predicted octanol–water partition coefficient (Wildman–Crippen LogP) is 2.65. The molecule has 0 aromatic heterocycles. The number of rotatable bonds is 7. The first kappa shape index (κ1) is 21.2. The molecule has 7 nitrogen and oxygen atoms in total. The number of hydrogen-bond donors (Lipinski definition) is 3. The van der Waals surface area contributed by atoms with Gasteiger partial charge in [0, 0.05) is 0 Å². The van der Waals surface area contributed by atoms with Crippen molar-refractivity contribution in [2.45, 2.75) is 21.9 Å². The second-order valence-electron chi connectivity index (χ2n) is 6.37. The Morgan fingerprint density at radius 3 is 1.66 bits per heavy atom. The zero-order valence-corrected chi connectivity index (χ0v) is 16.8. The molecule has 29 heavy (non-hydrogen) atoms. The lowest BCUT2D eigenvalue weighted by molar-refractivity contribution is 0.477. The molecule has 0 aliphatic rings. The molecule has 0 aliphatic carbocycles. The van der Waals surface area contributed by atoms with Gasteiger partial charge in [-0.15, -0.1) is 0 Å². The van der Waals surface area contributed by atoms with Gasteiger partial charge in [-0.25, -0.2) is 13.1 Å². The molecule has 0 bridgehead atoms. The fourth-order valence-electron chi connectivity index (χ4n) is 2.99. The summed E-state index contributed by atoms with van der Waals surface area (Å²) in [6.45, 7) is 0. The zero-order valence-electron chi connectivity index (χ0n) is 15.2. The van der Waals surface area contributed by atoms with Crippen molar-refractivity contribution in [1.82, 2.24) is 4.72 Å². The number of sulfonamides is 1. The van der Waals surface area contributed by atoms with Crippen LogP contribution in [0.25, 0.3) is 0 Å². The van der Waals surface area contributed by atoms with E-state index in [4.69, 9.17) is 5.73 Å². The van der Waals surface area contributed by atoms with Gasteiger partial charge in [-0.3, -0.25) is 4.55 Å². The summed E-state index contributed by atoms with van der Waals surface area (Å²) in [6.07, 6.45) is 0. The summed E-state index contributed by atoms with van der Waals surface area (Å²) in [5.74, 6) is 0. The van der Waals surface area contributed by atoms with E-state index in [9.17, 15) is 21.4 Å². The van der Waals surface area contributed by atoms with Crippen LogP contribution in [0.4, 0.5) is 0 Å². The standard InChI is InChI=1S/C20H20N2O5S2/c21-19(15-9-3-1-4-10-15)20(16-11-5-2-6-12-16)22-28(23,24)17-13-7-8-14-18(17)29(25,26)27/h1-14,19-20,22H,21H2,(H,25,26,27)/t19-,20-/m0/s1. The molecule has 0 amide bonds. The largest absolute Gasteiger partial charge is 0.322 e. The van der Waals surface area contributed by atoms with Crippen LogP contribution in [0.2, 0.25) is 0 Å². The van der Waals surface area contributed by atoms with Crippen molar-refractivity contribution < 1.29 is 21.4 Å². The molecule has 9 heteroatoms. The van der Waals surface area contributed by atoms with E-state index in [0.29, 0.717) is 11.1 Å². The molecule has 0 heterocycles. The summed E-state index contributed by atoms with van der Waals surface area (Å²) in [6, 6.07) is 20.9. The molecular weight excluding hydrogens is 412 g/mol. The van der Waals surface area contributed by atoms with Gasteiger partial charge in [0.05, 0.1) is 12.1 Å². The molecule has 0 aliphatic heterocycles. The van der Waals surface area contributed by atoms with Crippen LogP contribution in [-0.2, 0) is 20.1 Å². The molecule has 4 N–H and O–H groups in total. The summed E-state index contributed by atoms with van der Waals surface area (Å²) in [5, 5.41) is 0. The topological polar surface area (TPSA) is 127 Å².